The molecule has 0 unspecified atom stereocenters. The number of hydrogen-bond donors (Lipinski definition) is 0. The van der Waals surface area contributed by atoms with Crippen molar-refractivity contribution >= 4 is 28.8 Å². The van der Waals surface area contributed by atoms with E-state index in [4.69, 9.17) is 0 Å². The molecule has 1 aromatic heterocycles. The molecule has 0 bridgehead atoms. The molecule has 15 heteroatoms. The first kappa shape index (κ1) is 29.0. The number of hydrogen-bond acceptors (Lipinski definition) is 7. The van der Waals surface area contributed by atoms with Crippen LogP contribution in [-0.2, 0) is 0 Å². The Hall–Kier alpha value is -4.53. The summed E-state index contributed by atoms with van der Waals surface area (Å²) in [5.41, 5.74) is 2.13. The molecule has 0 spiro atoms. The van der Waals surface area contributed by atoms with Gasteiger partial charge in [-0.05, 0) is 48.4 Å². The summed E-state index contributed by atoms with van der Waals surface area (Å²) in [6.45, 7) is 0.458. The molecular formula is C27H20F6N6O2S. The Morgan fingerprint density at radius 3 is 2.29 bits per heavy atom. The monoisotopic (exact) mass is 606 g/mol. The van der Waals surface area contributed by atoms with Gasteiger partial charge in [0.2, 0.25) is 0 Å². The van der Waals surface area contributed by atoms with Crippen LogP contribution >= 0.6 is 11.8 Å². The van der Waals surface area contributed by atoms with E-state index < -0.39 is 12.7 Å². The Bertz CT molecular complexity index is 1570. The molecule has 0 amide bonds. The zero-order valence-corrected chi connectivity index (χ0v) is 22.2. The number of anilines is 1. The molecule has 2 heterocycles. The number of rotatable bonds is 7. The van der Waals surface area contributed by atoms with E-state index in [9.17, 15) is 26.3 Å². The smallest absolute Gasteiger partial charge is 0.406 e. The van der Waals surface area contributed by atoms with Crippen LogP contribution in [0.25, 0.3) is 17.1 Å². The van der Waals surface area contributed by atoms with Crippen LogP contribution in [0.1, 0.15) is 12.0 Å². The molecule has 1 fully saturated rings. The number of thioether (sulfide) groups is 1. The maximum absolute atomic E-state index is 12.9. The van der Waals surface area contributed by atoms with Gasteiger partial charge in [0.15, 0.2) is 16.7 Å². The lowest BCUT2D eigenvalue weighted by atomic mass is 10.1. The summed E-state index contributed by atoms with van der Waals surface area (Å²) in [6.07, 6.45) is -5.90. The minimum atomic E-state index is -4.82. The third-order valence-corrected chi connectivity index (χ3v) is 6.77. The van der Waals surface area contributed by atoms with Gasteiger partial charge < -0.3 is 14.4 Å². The van der Waals surface area contributed by atoms with Gasteiger partial charge in [0.25, 0.3) is 0 Å². The van der Waals surface area contributed by atoms with Gasteiger partial charge in [-0.2, -0.15) is 5.10 Å². The number of alkyl halides is 6. The Labute approximate surface area is 239 Å². The van der Waals surface area contributed by atoms with Gasteiger partial charge in [-0.25, -0.2) is 9.67 Å². The molecule has 0 atom stereocenters. The van der Waals surface area contributed by atoms with Crippen LogP contribution < -0.4 is 14.4 Å². The van der Waals surface area contributed by atoms with Crippen molar-refractivity contribution in [2.45, 2.75) is 19.1 Å². The zero-order chi connectivity index (χ0) is 29.7. The van der Waals surface area contributed by atoms with Crippen molar-refractivity contribution < 1.29 is 35.8 Å². The summed E-state index contributed by atoms with van der Waals surface area (Å²) in [5, 5.41) is 13.2. The largest absolute Gasteiger partial charge is 0.573 e. The van der Waals surface area contributed by atoms with Crippen LogP contribution in [0.3, 0.4) is 0 Å². The van der Waals surface area contributed by atoms with Gasteiger partial charge in [0, 0.05) is 17.9 Å². The second-order valence-electron chi connectivity index (χ2n) is 8.67. The predicted molar refractivity (Wildman–Crippen MR) is 146 cm³/mol. The fourth-order valence-corrected chi connectivity index (χ4v) is 4.85. The van der Waals surface area contributed by atoms with E-state index in [1.54, 1.807) is 35.2 Å². The number of benzene rings is 3. The molecule has 42 heavy (non-hydrogen) atoms. The molecular weight excluding hydrogens is 586 g/mol. The Balaban J connectivity index is 1.27. The third-order valence-electron chi connectivity index (χ3n) is 5.72. The van der Waals surface area contributed by atoms with Gasteiger partial charge >= 0.3 is 12.7 Å². The molecule has 1 aliphatic heterocycles. The van der Waals surface area contributed by atoms with Crippen molar-refractivity contribution in [1.82, 2.24) is 14.8 Å². The Morgan fingerprint density at radius 2 is 1.57 bits per heavy atom. The van der Waals surface area contributed by atoms with Crippen LogP contribution in [0.15, 0.2) is 89.3 Å². The molecule has 4 aromatic rings. The molecule has 0 aliphatic carbocycles. The maximum Gasteiger partial charge on any atom is 0.573 e. The summed E-state index contributed by atoms with van der Waals surface area (Å²) in [6, 6.07) is 18.2. The van der Waals surface area contributed by atoms with Crippen molar-refractivity contribution in [2.75, 3.05) is 17.2 Å². The van der Waals surface area contributed by atoms with E-state index in [1.165, 1.54) is 71.5 Å². The maximum atomic E-state index is 12.9. The SMILES string of the molecule is FC(F)(F)Oc1ccc(-n2cnc(-c3ccc(C=NN=C4SCCCN4c4ccccc4OC(F)(F)F)cc3)n2)cc1. The Morgan fingerprint density at radius 1 is 0.857 bits per heavy atom. The van der Waals surface area contributed by atoms with Crippen molar-refractivity contribution in [3.63, 3.8) is 0 Å². The van der Waals surface area contributed by atoms with Crippen molar-refractivity contribution in [3.8, 4) is 28.6 Å². The highest BCUT2D eigenvalue weighted by Gasteiger charge is 2.34. The van der Waals surface area contributed by atoms with Gasteiger partial charge in [-0.1, -0.05) is 48.2 Å². The number of para-hydroxylation sites is 2. The van der Waals surface area contributed by atoms with E-state index >= 15 is 0 Å². The highest BCUT2D eigenvalue weighted by Crippen LogP contribution is 2.36. The van der Waals surface area contributed by atoms with E-state index in [-0.39, 0.29) is 17.2 Å². The molecule has 1 saturated heterocycles. The van der Waals surface area contributed by atoms with E-state index in [2.05, 4.69) is 29.8 Å². The second-order valence-corrected chi connectivity index (χ2v) is 9.73. The van der Waals surface area contributed by atoms with Crippen molar-refractivity contribution in [1.29, 1.82) is 0 Å². The molecule has 0 radical (unpaired) electrons. The summed E-state index contributed by atoms with van der Waals surface area (Å²) >= 11 is 1.38. The van der Waals surface area contributed by atoms with E-state index in [0.717, 1.165) is 12.2 Å². The first-order valence-corrected chi connectivity index (χ1v) is 13.3. The predicted octanol–water partition coefficient (Wildman–Crippen LogP) is 7.06. The van der Waals surface area contributed by atoms with Gasteiger partial charge in [-0.3, -0.25) is 0 Å². The first-order chi connectivity index (χ1) is 20.0. The number of halogens is 6. The molecule has 5 rings (SSSR count). The molecule has 0 saturated carbocycles. The molecule has 8 nitrogen and oxygen atoms in total. The van der Waals surface area contributed by atoms with Crippen molar-refractivity contribution in [2.24, 2.45) is 10.2 Å². The minimum absolute atomic E-state index is 0.248. The zero-order valence-electron chi connectivity index (χ0n) is 21.4. The second kappa shape index (κ2) is 12.1. The van der Waals surface area contributed by atoms with E-state index in [0.29, 0.717) is 34.4 Å². The number of aromatic nitrogens is 3. The summed E-state index contributed by atoms with van der Waals surface area (Å²) in [5.74, 6) is 0.475. The van der Waals surface area contributed by atoms with Crippen molar-refractivity contribution in [3.05, 3.63) is 84.7 Å². The lowest BCUT2D eigenvalue weighted by molar-refractivity contribution is -0.275. The molecule has 218 valence electrons. The number of nitrogens with zero attached hydrogens (tertiary/aromatic N) is 6. The highest BCUT2D eigenvalue weighted by molar-refractivity contribution is 8.14. The molecule has 0 N–H and O–H groups in total. The third kappa shape index (κ3) is 7.60. The normalized spacial score (nSPS) is 15.4. The first-order valence-electron chi connectivity index (χ1n) is 12.3. The fraction of sp³-hybridized carbons (Fsp3) is 0.185. The standard InChI is InChI=1S/C27H20F6N6O2S/c28-26(29,30)40-21-12-10-20(11-13-21)39-17-34-24(37-39)19-8-6-18(7-9-19)16-35-36-25-38(14-3-15-42-25)22-4-1-2-5-23(22)41-27(31,32)33/h1-2,4-13,16-17H,3,14-15H2. The molecule has 3 aromatic carbocycles. The lowest BCUT2D eigenvalue weighted by Crippen LogP contribution is -2.34. The number of amidine groups is 1. The van der Waals surface area contributed by atoms with Crippen LogP contribution in [0, 0.1) is 0 Å². The Kier molecular flexibility index (Phi) is 8.38. The van der Waals surface area contributed by atoms with Crippen LogP contribution in [0.2, 0.25) is 0 Å². The fourth-order valence-electron chi connectivity index (χ4n) is 3.94. The molecule has 1 aliphatic rings. The van der Waals surface area contributed by atoms with Crippen LogP contribution in [0.4, 0.5) is 32.0 Å². The average molecular weight is 607 g/mol. The van der Waals surface area contributed by atoms with Crippen LogP contribution in [0.5, 0.6) is 11.5 Å². The van der Waals surface area contributed by atoms with Gasteiger partial charge in [0.05, 0.1) is 17.6 Å². The highest BCUT2D eigenvalue weighted by atomic mass is 32.2. The van der Waals surface area contributed by atoms with Crippen LogP contribution in [-0.4, -0.2) is 51.2 Å². The number of ether oxygens (including phenoxy) is 2. The topological polar surface area (TPSA) is 77.1 Å². The summed E-state index contributed by atoms with van der Waals surface area (Å²) in [4.78, 5) is 5.91. The summed E-state index contributed by atoms with van der Waals surface area (Å²) < 4.78 is 85.3. The lowest BCUT2D eigenvalue weighted by Gasteiger charge is -2.30. The van der Waals surface area contributed by atoms with Gasteiger partial charge in [0.1, 0.15) is 12.1 Å². The van der Waals surface area contributed by atoms with E-state index in [1.807, 2.05) is 0 Å². The quantitative estimate of drug-likeness (QED) is 0.127. The minimum Gasteiger partial charge on any atom is -0.406 e. The average Bonchev–Trinajstić information content (AvgIpc) is 3.43. The summed E-state index contributed by atoms with van der Waals surface area (Å²) in [7, 11) is 0. The van der Waals surface area contributed by atoms with Gasteiger partial charge in [-0.15, -0.1) is 36.5 Å².